The molecule has 6 nitrogen and oxygen atoms in total. The number of hydrogen-bond acceptors (Lipinski definition) is 3. The van der Waals surface area contributed by atoms with Crippen molar-refractivity contribution in [3.63, 3.8) is 0 Å². The monoisotopic (exact) mass is 313 g/mol. The van der Waals surface area contributed by atoms with Gasteiger partial charge in [0.05, 0.1) is 5.56 Å². The molecule has 0 aromatic heterocycles. The molecule has 23 heavy (non-hydrogen) atoms. The number of para-hydroxylation sites is 1. The van der Waals surface area contributed by atoms with E-state index in [4.69, 9.17) is 10.8 Å². The maximum absolute atomic E-state index is 12.4. The highest BCUT2D eigenvalue weighted by atomic mass is 16.4. The van der Waals surface area contributed by atoms with Crippen LogP contribution >= 0.6 is 0 Å². The minimum absolute atomic E-state index is 0.193. The molecule has 2 aromatic carbocycles. The molecule has 0 aliphatic rings. The van der Waals surface area contributed by atoms with Crippen molar-refractivity contribution in [1.29, 1.82) is 0 Å². The number of anilines is 1. The van der Waals surface area contributed by atoms with Crippen LogP contribution in [0.3, 0.4) is 0 Å². The Morgan fingerprint density at radius 1 is 1.09 bits per heavy atom. The van der Waals surface area contributed by atoms with Crippen molar-refractivity contribution in [2.45, 2.75) is 6.54 Å². The Kier molecular flexibility index (Phi) is 5.71. The standard InChI is InChI=1S/C17H19N3O3/c18-9-10-20(17(23)19-15-7-2-1-3-8-15)12-13-5-4-6-14(11-13)16(21)22/h1-8,11H,9-10,12,18H2,(H,19,23)(H,21,22). The van der Waals surface area contributed by atoms with Gasteiger partial charge in [0.25, 0.3) is 0 Å². The molecule has 2 amide bonds. The zero-order valence-corrected chi connectivity index (χ0v) is 12.6. The minimum atomic E-state index is -0.994. The lowest BCUT2D eigenvalue weighted by molar-refractivity contribution is 0.0696. The van der Waals surface area contributed by atoms with Gasteiger partial charge in [-0.05, 0) is 29.8 Å². The number of amides is 2. The van der Waals surface area contributed by atoms with Gasteiger partial charge in [-0.15, -0.1) is 0 Å². The summed E-state index contributed by atoms with van der Waals surface area (Å²) in [4.78, 5) is 24.9. The first-order valence-electron chi connectivity index (χ1n) is 7.23. The number of aromatic carboxylic acids is 1. The second-order valence-corrected chi connectivity index (χ2v) is 5.01. The number of rotatable bonds is 6. The molecule has 2 aromatic rings. The van der Waals surface area contributed by atoms with Crippen LogP contribution < -0.4 is 11.1 Å². The van der Waals surface area contributed by atoms with Crippen LogP contribution in [0.15, 0.2) is 54.6 Å². The number of nitrogens with one attached hydrogen (secondary N) is 1. The Hall–Kier alpha value is -2.86. The van der Waals surface area contributed by atoms with E-state index >= 15 is 0 Å². The Bertz CT molecular complexity index is 674. The summed E-state index contributed by atoms with van der Waals surface area (Å²) < 4.78 is 0. The predicted octanol–water partition coefficient (Wildman–Crippen LogP) is 2.38. The largest absolute Gasteiger partial charge is 0.478 e. The van der Waals surface area contributed by atoms with E-state index in [0.717, 1.165) is 5.56 Å². The summed E-state index contributed by atoms with van der Waals surface area (Å²) in [5.41, 5.74) is 7.20. The van der Waals surface area contributed by atoms with Gasteiger partial charge in [0, 0.05) is 25.3 Å². The SMILES string of the molecule is NCCN(Cc1cccc(C(=O)O)c1)C(=O)Nc1ccccc1. The van der Waals surface area contributed by atoms with E-state index in [2.05, 4.69) is 5.32 Å². The average Bonchev–Trinajstić information content (AvgIpc) is 2.55. The molecule has 0 spiro atoms. The topological polar surface area (TPSA) is 95.7 Å². The molecule has 0 heterocycles. The number of carbonyl (C=O) groups excluding carboxylic acids is 1. The second kappa shape index (κ2) is 7.95. The molecule has 0 saturated carbocycles. The highest BCUT2D eigenvalue weighted by Crippen LogP contribution is 2.11. The third kappa shape index (κ3) is 4.82. The predicted molar refractivity (Wildman–Crippen MR) is 88.3 cm³/mol. The zero-order chi connectivity index (χ0) is 16.7. The number of carboxylic acid groups (broad SMARTS) is 1. The number of nitrogens with zero attached hydrogens (tertiary/aromatic N) is 1. The summed E-state index contributed by atoms with van der Waals surface area (Å²) in [6.07, 6.45) is 0. The lowest BCUT2D eigenvalue weighted by Gasteiger charge is -2.22. The van der Waals surface area contributed by atoms with E-state index in [0.29, 0.717) is 18.8 Å². The Morgan fingerprint density at radius 3 is 2.48 bits per heavy atom. The molecular weight excluding hydrogens is 294 g/mol. The van der Waals surface area contributed by atoms with Gasteiger partial charge in [-0.25, -0.2) is 9.59 Å². The lowest BCUT2D eigenvalue weighted by Crippen LogP contribution is -2.38. The number of urea groups is 1. The number of carboxylic acids is 1. The molecule has 0 aliphatic heterocycles. The third-order valence-corrected chi connectivity index (χ3v) is 3.26. The van der Waals surface area contributed by atoms with E-state index in [1.54, 1.807) is 35.2 Å². The van der Waals surface area contributed by atoms with Gasteiger partial charge in [0.1, 0.15) is 0 Å². The van der Waals surface area contributed by atoms with Gasteiger partial charge in [-0.2, -0.15) is 0 Å². The van der Waals surface area contributed by atoms with Crippen LogP contribution in [0.25, 0.3) is 0 Å². The van der Waals surface area contributed by atoms with Crippen LogP contribution in [-0.2, 0) is 6.54 Å². The van der Waals surface area contributed by atoms with Gasteiger partial charge >= 0.3 is 12.0 Å². The molecule has 0 aliphatic carbocycles. The molecule has 0 unspecified atom stereocenters. The quantitative estimate of drug-likeness (QED) is 0.763. The normalized spacial score (nSPS) is 10.1. The maximum Gasteiger partial charge on any atom is 0.335 e. The van der Waals surface area contributed by atoms with Crippen molar-refractivity contribution < 1.29 is 14.7 Å². The van der Waals surface area contributed by atoms with E-state index in [1.807, 2.05) is 18.2 Å². The number of carbonyl (C=O) groups is 2. The second-order valence-electron chi connectivity index (χ2n) is 5.01. The fraction of sp³-hybridized carbons (Fsp3) is 0.176. The van der Waals surface area contributed by atoms with Crippen LogP contribution in [-0.4, -0.2) is 35.1 Å². The van der Waals surface area contributed by atoms with E-state index in [1.165, 1.54) is 6.07 Å². The lowest BCUT2D eigenvalue weighted by atomic mass is 10.1. The zero-order valence-electron chi connectivity index (χ0n) is 12.6. The molecule has 0 fully saturated rings. The first kappa shape index (κ1) is 16.5. The maximum atomic E-state index is 12.4. The van der Waals surface area contributed by atoms with E-state index in [-0.39, 0.29) is 18.1 Å². The van der Waals surface area contributed by atoms with E-state index < -0.39 is 5.97 Å². The molecule has 0 atom stereocenters. The summed E-state index contributed by atoms with van der Waals surface area (Å²) in [5, 5.41) is 11.8. The molecule has 0 bridgehead atoms. The van der Waals surface area contributed by atoms with Crippen LogP contribution in [0.1, 0.15) is 15.9 Å². The van der Waals surface area contributed by atoms with Crippen molar-refractivity contribution in [2.24, 2.45) is 5.73 Å². The highest BCUT2D eigenvalue weighted by molar-refractivity contribution is 5.89. The number of hydrogen-bond donors (Lipinski definition) is 3. The van der Waals surface area contributed by atoms with Gasteiger partial charge in [0.2, 0.25) is 0 Å². The fourth-order valence-corrected chi connectivity index (χ4v) is 2.16. The molecule has 6 heteroatoms. The van der Waals surface area contributed by atoms with Crippen LogP contribution in [0.5, 0.6) is 0 Å². The molecular formula is C17H19N3O3. The average molecular weight is 313 g/mol. The fourth-order valence-electron chi connectivity index (χ4n) is 2.16. The molecule has 0 radical (unpaired) electrons. The molecule has 2 rings (SSSR count). The summed E-state index contributed by atoms with van der Waals surface area (Å²) >= 11 is 0. The van der Waals surface area contributed by atoms with Gasteiger partial charge in [-0.1, -0.05) is 30.3 Å². The van der Waals surface area contributed by atoms with Crippen LogP contribution in [0, 0.1) is 0 Å². The van der Waals surface area contributed by atoms with Crippen molar-refractivity contribution in [1.82, 2.24) is 4.90 Å². The first-order chi connectivity index (χ1) is 11.1. The summed E-state index contributed by atoms with van der Waals surface area (Å²) in [6, 6.07) is 15.4. The van der Waals surface area contributed by atoms with Gasteiger partial charge in [-0.3, -0.25) is 0 Å². The van der Waals surface area contributed by atoms with Crippen LogP contribution in [0.2, 0.25) is 0 Å². The summed E-state index contributed by atoms with van der Waals surface area (Å²) in [6.45, 7) is 0.980. The van der Waals surface area contributed by atoms with E-state index in [9.17, 15) is 9.59 Å². The molecule has 0 saturated heterocycles. The smallest absolute Gasteiger partial charge is 0.335 e. The summed E-state index contributed by atoms with van der Waals surface area (Å²) in [7, 11) is 0. The van der Waals surface area contributed by atoms with Gasteiger partial charge < -0.3 is 21.1 Å². The summed E-state index contributed by atoms with van der Waals surface area (Å²) in [5.74, 6) is -0.994. The van der Waals surface area contributed by atoms with Crippen LogP contribution in [0.4, 0.5) is 10.5 Å². The third-order valence-electron chi connectivity index (χ3n) is 3.26. The molecule has 120 valence electrons. The van der Waals surface area contributed by atoms with Crippen molar-refractivity contribution in [3.05, 3.63) is 65.7 Å². The molecule has 4 N–H and O–H groups in total. The number of nitrogens with two attached hydrogens (primary N) is 1. The van der Waals surface area contributed by atoms with Crippen molar-refractivity contribution >= 4 is 17.7 Å². The Morgan fingerprint density at radius 2 is 1.83 bits per heavy atom. The Balaban J connectivity index is 2.10. The van der Waals surface area contributed by atoms with Crippen molar-refractivity contribution in [3.8, 4) is 0 Å². The van der Waals surface area contributed by atoms with Crippen molar-refractivity contribution in [2.75, 3.05) is 18.4 Å². The minimum Gasteiger partial charge on any atom is -0.478 e. The number of benzene rings is 2. The first-order valence-corrected chi connectivity index (χ1v) is 7.23. The highest BCUT2D eigenvalue weighted by Gasteiger charge is 2.14. The Labute approximate surface area is 134 Å². The van der Waals surface area contributed by atoms with Gasteiger partial charge in [0.15, 0.2) is 0 Å².